The van der Waals surface area contributed by atoms with Crippen molar-refractivity contribution in [1.82, 2.24) is 20.3 Å². The normalized spacial score (nSPS) is 11.9. The number of aromatic nitrogens is 3. The van der Waals surface area contributed by atoms with Crippen LogP contribution < -0.4 is 5.32 Å². The maximum atomic E-state index is 12.8. The van der Waals surface area contributed by atoms with Gasteiger partial charge in [-0.1, -0.05) is 17.3 Å². The molecule has 2 rings (SSSR count). The Balaban J connectivity index is 1.93. The third-order valence-electron chi connectivity index (χ3n) is 2.73. The summed E-state index contributed by atoms with van der Waals surface area (Å²) in [5.41, 5.74) is 0.969. The molecule has 1 heterocycles. The molecule has 1 aromatic carbocycles. The van der Waals surface area contributed by atoms with Gasteiger partial charge in [0.1, 0.15) is 18.1 Å². The maximum Gasteiger partial charge on any atom is 0.242 e. The molecule has 6 nitrogen and oxygen atoms in total. The van der Waals surface area contributed by atoms with Crippen molar-refractivity contribution in [2.45, 2.75) is 19.5 Å². The van der Waals surface area contributed by atoms with Gasteiger partial charge in [0.25, 0.3) is 0 Å². The Kier molecular flexibility index (Phi) is 4.19. The van der Waals surface area contributed by atoms with Crippen LogP contribution in [0.3, 0.4) is 0 Å². The van der Waals surface area contributed by atoms with Crippen LogP contribution in [-0.2, 0) is 11.3 Å². The van der Waals surface area contributed by atoms with Crippen LogP contribution in [0.5, 0.6) is 0 Å². The molecule has 104 valence electrons. The van der Waals surface area contributed by atoms with Crippen molar-refractivity contribution in [1.29, 1.82) is 0 Å². The molecule has 0 aliphatic rings. The molecule has 0 fully saturated rings. The highest BCUT2D eigenvalue weighted by Gasteiger charge is 2.11. The van der Waals surface area contributed by atoms with Crippen LogP contribution in [0.4, 0.5) is 4.39 Å². The molecular weight excluding hydrogens is 263 g/mol. The van der Waals surface area contributed by atoms with Gasteiger partial charge in [-0.25, -0.2) is 9.07 Å². The molecule has 7 heteroatoms. The second-order valence-electron chi connectivity index (χ2n) is 4.30. The summed E-state index contributed by atoms with van der Waals surface area (Å²) in [7, 11) is 0. The summed E-state index contributed by atoms with van der Waals surface area (Å²) in [4.78, 5) is 22.2. The topological polar surface area (TPSA) is 76.9 Å². The molecular formula is C13H13FN4O2. The van der Waals surface area contributed by atoms with E-state index in [2.05, 4.69) is 15.6 Å². The summed E-state index contributed by atoms with van der Waals surface area (Å²) in [6.45, 7) is 1.76. The van der Waals surface area contributed by atoms with E-state index < -0.39 is 0 Å². The first kappa shape index (κ1) is 13.9. The van der Waals surface area contributed by atoms with E-state index in [1.807, 2.05) is 0 Å². The van der Waals surface area contributed by atoms with Gasteiger partial charge in [0.15, 0.2) is 6.29 Å². The Morgan fingerprint density at radius 1 is 1.45 bits per heavy atom. The van der Waals surface area contributed by atoms with E-state index in [-0.39, 0.29) is 30.0 Å². The summed E-state index contributed by atoms with van der Waals surface area (Å²) >= 11 is 0. The predicted octanol–water partition coefficient (Wildman–Crippen LogP) is 1.11. The zero-order valence-corrected chi connectivity index (χ0v) is 10.8. The first-order valence-electron chi connectivity index (χ1n) is 5.98. The van der Waals surface area contributed by atoms with Crippen molar-refractivity contribution in [2.75, 3.05) is 0 Å². The minimum Gasteiger partial charge on any atom is -0.348 e. The van der Waals surface area contributed by atoms with Gasteiger partial charge in [-0.05, 0) is 24.6 Å². The minimum atomic E-state index is -0.323. The number of hydrogen-bond donors (Lipinski definition) is 1. The van der Waals surface area contributed by atoms with Gasteiger partial charge in [-0.15, -0.1) is 5.10 Å². The molecule has 0 spiro atoms. The fourth-order valence-corrected chi connectivity index (χ4v) is 1.71. The van der Waals surface area contributed by atoms with Crippen LogP contribution >= 0.6 is 0 Å². The molecule has 1 atom stereocenters. The van der Waals surface area contributed by atoms with Gasteiger partial charge in [0, 0.05) is 0 Å². The van der Waals surface area contributed by atoms with Crippen LogP contribution in [-0.4, -0.2) is 27.2 Å². The Bertz CT molecular complexity index is 609. The first-order chi connectivity index (χ1) is 9.58. The third-order valence-corrected chi connectivity index (χ3v) is 2.73. The fraction of sp³-hybridized carbons (Fsp3) is 0.231. The number of halogens is 1. The average Bonchev–Trinajstić information content (AvgIpc) is 2.86. The molecule has 1 amide bonds. The number of nitrogens with zero attached hydrogens (tertiary/aromatic N) is 3. The molecule has 0 aliphatic heterocycles. The van der Waals surface area contributed by atoms with Crippen molar-refractivity contribution in [3.63, 3.8) is 0 Å². The monoisotopic (exact) mass is 276 g/mol. The highest BCUT2D eigenvalue weighted by Crippen LogP contribution is 2.12. The molecule has 1 N–H and O–H groups in total. The minimum absolute atomic E-state index is 0.0353. The molecule has 0 bridgehead atoms. The molecule has 1 aromatic heterocycles. The number of aldehydes is 1. The Morgan fingerprint density at radius 2 is 2.15 bits per heavy atom. The van der Waals surface area contributed by atoms with Gasteiger partial charge in [-0.3, -0.25) is 9.59 Å². The SMILES string of the molecule is CC(NC(=O)Cn1cc(C=O)nn1)c1ccc(F)cc1. The van der Waals surface area contributed by atoms with Crippen LogP contribution in [0.15, 0.2) is 30.5 Å². The van der Waals surface area contributed by atoms with Crippen molar-refractivity contribution >= 4 is 12.2 Å². The van der Waals surface area contributed by atoms with Crippen molar-refractivity contribution < 1.29 is 14.0 Å². The van der Waals surface area contributed by atoms with Crippen molar-refractivity contribution in [3.05, 3.63) is 47.5 Å². The highest BCUT2D eigenvalue weighted by atomic mass is 19.1. The lowest BCUT2D eigenvalue weighted by Crippen LogP contribution is -2.30. The fourth-order valence-electron chi connectivity index (χ4n) is 1.71. The van der Waals surface area contributed by atoms with E-state index in [4.69, 9.17) is 0 Å². The van der Waals surface area contributed by atoms with Crippen molar-refractivity contribution in [3.8, 4) is 0 Å². The van der Waals surface area contributed by atoms with E-state index in [0.717, 1.165) is 5.56 Å². The summed E-state index contributed by atoms with van der Waals surface area (Å²) < 4.78 is 14.1. The molecule has 0 saturated heterocycles. The second kappa shape index (κ2) is 6.05. The lowest BCUT2D eigenvalue weighted by molar-refractivity contribution is -0.122. The van der Waals surface area contributed by atoms with Crippen molar-refractivity contribution in [2.24, 2.45) is 0 Å². The standard InChI is InChI=1S/C13H13FN4O2/c1-9(10-2-4-11(14)5-3-10)15-13(20)7-18-6-12(8-19)16-17-18/h2-6,8-9H,7H2,1H3,(H,15,20). The molecule has 1 unspecified atom stereocenters. The Morgan fingerprint density at radius 3 is 2.75 bits per heavy atom. The predicted molar refractivity (Wildman–Crippen MR) is 68.4 cm³/mol. The number of amides is 1. The van der Waals surface area contributed by atoms with E-state index >= 15 is 0 Å². The number of nitrogens with one attached hydrogen (secondary N) is 1. The zero-order valence-electron chi connectivity index (χ0n) is 10.8. The zero-order chi connectivity index (χ0) is 14.5. The van der Waals surface area contributed by atoms with Gasteiger partial charge >= 0.3 is 0 Å². The first-order valence-corrected chi connectivity index (χ1v) is 5.98. The van der Waals surface area contributed by atoms with Crippen LogP contribution in [0, 0.1) is 5.82 Å². The molecule has 0 saturated carbocycles. The van der Waals surface area contributed by atoms with Gasteiger partial charge in [-0.2, -0.15) is 0 Å². The van der Waals surface area contributed by atoms with Gasteiger partial charge in [0.05, 0.1) is 12.2 Å². The Labute approximate surface area is 114 Å². The largest absolute Gasteiger partial charge is 0.348 e. The molecule has 0 radical (unpaired) electrons. The molecule has 20 heavy (non-hydrogen) atoms. The lowest BCUT2D eigenvalue weighted by atomic mass is 10.1. The lowest BCUT2D eigenvalue weighted by Gasteiger charge is -2.14. The number of carbonyl (C=O) groups excluding carboxylic acids is 2. The smallest absolute Gasteiger partial charge is 0.242 e. The third kappa shape index (κ3) is 3.47. The number of benzene rings is 1. The van der Waals surface area contributed by atoms with Crippen LogP contribution in [0.1, 0.15) is 29.0 Å². The molecule has 0 aliphatic carbocycles. The summed E-state index contributed by atoms with van der Waals surface area (Å²) in [6.07, 6.45) is 1.94. The summed E-state index contributed by atoms with van der Waals surface area (Å²) in [5, 5.41) is 9.95. The summed E-state index contributed by atoms with van der Waals surface area (Å²) in [6, 6.07) is 5.65. The quantitative estimate of drug-likeness (QED) is 0.830. The van der Waals surface area contributed by atoms with E-state index in [9.17, 15) is 14.0 Å². The van der Waals surface area contributed by atoms with Gasteiger partial charge in [0.2, 0.25) is 5.91 Å². The average molecular weight is 276 g/mol. The van der Waals surface area contributed by atoms with E-state index in [1.165, 1.54) is 23.0 Å². The number of hydrogen-bond acceptors (Lipinski definition) is 4. The second-order valence-corrected chi connectivity index (χ2v) is 4.30. The van der Waals surface area contributed by atoms with E-state index in [0.29, 0.717) is 6.29 Å². The summed E-state index contributed by atoms with van der Waals surface area (Å²) in [5.74, 6) is -0.597. The highest BCUT2D eigenvalue weighted by molar-refractivity contribution is 5.76. The van der Waals surface area contributed by atoms with Gasteiger partial charge < -0.3 is 5.32 Å². The van der Waals surface area contributed by atoms with Crippen LogP contribution in [0.25, 0.3) is 0 Å². The Hall–Kier alpha value is -2.57. The maximum absolute atomic E-state index is 12.8. The number of rotatable bonds is 5. The molecule has 2 aromatic rings. The van der Waals surface area contributed by atoms with E-state index in [1.54, 1.807) is 19.1 Å². The number of carbonyl (C=O) groups is 2. The van der Waals surface area contributed by atoms with Crippen LogP contribution in [0.2, 0.25) is 0 Å².